The van der Waals surface area contributed by atoms with Crippen molar-refractivity contribution in [1.29, 1.82) is 0 Å². The summed E-state index contributed by atoms with van der Waals surface area (Å²) in [5, 5.41) is 14.9. The van der Waals surface area contributed by atoms with Gasteiger partial charge < -0.3 is 9.84 Å². The van der Waals surface area contributed by atoms with Crippen LogP contribution in [0.4, 0.5) is 0 Å². The lowest BCUT2D eigenvalue weighted by atomic mass is 9.66. The van der Waals surface area contributed by atoms with E-state index in [1.165, 1.54) is 6.42 Å². The molecule has 0 amide bonds. The zero-order valence-electron chi connectivity index (χ0n) is 13.4. The van der Waals surface area contributed by atoms with Crippen molar-refractivity contribution in [3.8, 4) is 5.75 Å². The lowest BCUT2D eigenvalue weighted by Gasteiger charge is -2.42. The molecular formula is C16H28N2O2. The highest BCUT2D eigenvalue weighted by molar-refractivity contribution is 5.33. The number of methoxy groups -OCH3 is 1. The van der Waals surface area contributed by atoms with E-state index in [2.05, 4.69) is 32.8 Å². The van der Waals surface area contributed by atoms with E-state index in [9.17, 15) is 5.11 Å². The van der Waals surface area contributed by atoms with E-state index in [4.69, 9.17) is 4.74 Å². The lowest BCUT2D eigenvalue weighted by molar-refractivity contribution is 0.0115. The Balaban J connectivity index is 2.36. The third-order valence-corrected chi connectivity index (χ3v) is 4.94. The van der Waals surface area contributed by atoms with Crippen LogP contribution in [0, 0.1) is 11.8 Å². The molecule has 0 spiro atoms. The summed E-state index contributed by atoms with van der Waals surface area (Å²) < 4.78 is 7.50. The van der Waals surface area contributed by atoms with E-state index < -0.39 is 0 Å². The minimum absolute atomic E-state index is 0.141. The molecule has 3 unspecified atom stereocenters. The molecule has 1 N–H and O–H groups in total. The molecule has 4 heteroatoms. The minimum atomic E-state index is -0.237. The molecule has 114 valence electrons. The standard InChI is InChI=1S/C16H28N2O2/c1-6-18-15(14(20-5)10-17-18)16(3,4)12-8-7-11(2)9-13(12)19/h10-13,19H,6-9H2,1-5H3. The molecule has 1 aromatic rings. The van der Waals surface area contributed by atoms with Gasteiger partial charge in [-0.05, 0) is 31.6 Å². The Hall–Kier alpha value is -1.03. The molecule has 3 atom stereocenters. The molecule has 1 aliphatic carbocycles. The van der Waals surface area contributed by atoms with E-state index >= 15 is 0 Å². The molecule has 1 fully saturated rings. The summed E-state index contributed by atoms with van der Waals surface area (Å²) in [7, 11) is 1.69. The zero-order valence-corrected chi connectivity index (χ0v) is 13.4. The summed E-state index contributed by atoms with van der Waals surface area (Å²) in [6.07, 6.45) is 4.70. The summed E-state index contributed by atoms with van der Waals surface area (Å²) in [5.74, 6) is 1.72. The van der Waals surface area contributed by atoms with Gasteiger partial charge in [0.15, 0.2) is 5.75 Å². The third kappa shape index (κ3) is 2.58. The van der Waals surface area contributed by atoms with Crippen molar-refractivity contribution < 1.29 is 9.84 Å². The Kier molecular flexibility index (Phi) is 4.43. The number of rotatable bonds is 4. The Morgan fingerprint density at radius 1 is 1.45 bits per heavy atom. The maximum Gasteiger partial charge on any atom is 0.160 e. The normalized spacial score (nSPS) is 27.6. The van der Waals surface area contributed by atoms with Crippen molar-refractivity contribution in [3.05, 3.63) is 11.9 Å². The SMILES string of the molecule is CCn1ncc(OC)c1C(C)(C)C1CCC(C)CC1O. The van der Waals surface area contributed by atoms with Gasteiger partial charge in [0, 0.05) is 12.0 Å². The predicted molar refractivity (Wildman–Crippen MR) is 80.0 cm³/mol. The molecule has 1 heterocycles. The first-order valence-corrected chi connectivity index (χ1v) is 7.70. The van der Waals surface area contributed by atoms with Gasteiger partial charge in [-0.1, -0.05) is 27.2 Å². The van der Waals surface area contributed by atoms with E-state index in [-0.39, 0.29) is 17.4 Å². The van der Waals surface area contributed by atoms with Gasteiger partial charge in [0.05, 0.1) is 25.1 Å². The Morgan fingerprint density at radius 2 is 2.15 bits per heavy atom. The van der Waals surface area contributed by atoms with Gasteiger partial charge in [0.25, 0.3) is 0 Å². The molecule has 2 rings (SSSR count). The second kappa shape index (κ2) is 5.76. The summed E-state index contributed by atoms with van der Waals surface area (Å²) >= 11 is 0. The monoisotopic (exact) mass is 280 g/mol. The molecule has 1 saturated carbocycles. The second-order valence-electron chi connectivity index (χ2n) is 6.69. The molecule has 1 aliphatic rings. The van der Waals surface area contributed by atoms with Gasteiger partial charge in [-0.2, -0.15) is 5.10 Å². The first-order valence-electron chi connectivity index (χ1n) is 7.70. The predicted octanol–water partition coefficient (Wildman–Crippen LogP) is 2.99. The van der Waals surface area contributed by atoms with Gasteiger partial charge in [0.2, 0.25) is 0 Å². The Labute approximate surface area is 122 Å². The van der Waals surface area contributed by atoms with Gasteiger partial charge in [-0.25, -0.2) is 0 Å². The van der Waals surface area contributed by atoms with Crippen LogP contribution in [0.25, 0.3) is 0 Å². The number of hydrogen-bond acceptors (Lipinski definition) is 3. The van der Waals surface area contributed by atoms with Gasteiger partial charge >= 0.3 is 0 Å². The number of ether oxygens (including phenoxy) is 1. The van der Waals surface area contributed by atoms with E-state index in [0.29, 0.717) is 5.92 Å². The van der Waals surface area contributed by atoms with Crippen molar-refractivity contribution in [2.75, 3.05) is 7.11 Å². The average molecular weight is 280 g/mol. The van der Waals surface area contributed by atoms with Crippen molar-refractivity contribution in [2.45, 2.75) is 65.0 Å². The maximum atomic E-state index is 10.5. The summed E-state index contributed by atoms with van der Waals surface area (Å²) in [6.45, 7) is 9.56. The van der Waals surface area contributed by atoms with Gasteiger partial charge in [0.1, 0.15) is 0 Å². The number of nitrogens with zero attached hydrogens (tertiary/aromatic N) is 2. The van der Waals surface area contributed by atoms with Crippen LogP contribution in [0.1, 0.15) is 52.7 Å². The quantitative estimate of drug-likeness (QED) is 0.922. The topological polar surface area (TPSA) is 47.3 Å². The molecular weight excluding hydrogens is 252 g/mol. The summed E-state index contributed by atoms with van der Waals surface area (Å²) in [4.78, 5) is 0. The smallest absolute Gasteiger partial charge is 0.160 e. The fourth-order valence-corrected chi connectivity index (χ4v) is 3.78. The van der Waals surface area contributed by atoms with Crippen LogP contribution in [0.3, 0.4) is 0 Å². The summed E-state index contributed by atoms with van der Waals surface area (Å²) in [6, 6.07) is 0. The lowest BCUT2D eigenvalue weighted by Crippen LogP contribution is -2.42. The Bertz CT molecular complexity index is 432. The zero-order chi connectivity index (χ0) is 14.9. The van der Waals surface area contributed by atoms with Crippen LogP contribution >= 0.6 is 0 Å². The molecule has 1 aromatic heterocycles. The van der Waals surface area contributed by atoms with Crippen molar-refractivity contribution in [1.82, 2.24) is 9.78 Å². The number of aliphatic hydroxyl groups is 1. The highest BCUT2D eigenvalue weighted by Crippen LogP contribution is 2.45. The largest absolute Gasteiger partial charge is 0.493 e. The molecule has 0 aliphatic heterocycles. The van der Waals surface area contributed by atoms with Gasteiger partial charge in [-0.15, -0.1) is 0 Å². The fraction of sp³-hybridized carbons (Fsp3) is 0.812. The maximum absolute atomic E-state index is 10.5. The number of hydrogen-bond donors (Lipinski definition) is 1. The molecule has 0 bridgehead atoms. The molecule has 0 saturated heterocycles. The summed E-state index contributed by atoms with van der Waals surface area (Å²) in [5.41, 5.74) is 0.971. The molecule has 0 radical (unpaired) electrons. The first kappa shape index (κ1) is 15.4. The third-order valence-electron chi connectivity index (χ3n) is 4.94. The van der Waals surface area contributed by atoms with Gasteiger partial charge in [-0.3, -0.25) is 4.68 Å². The first-order chi connectivity index (χ1) is 9.41. The fourth-order valence-electron chi connectivity index (χ4n) is 3.78. The average Bonchev–Trinajstić information content (AvgIpc) is 2.81. The number of aromatic nitrogens is 2. The second-order valence-corrected chi connectivity index (χ2v) is 6.69. The van der Waals surface area contributed by atoms with E-state index in [0.717, 1.165) is 30.8 Å². The number of aliphatic hydroxyl groups excluding tert-OH is 1. The van der Waals surface area contributed by atoms with Crippen LogP contribution < -0.4 is 4.74 Å². The molecule has 0 aromatic carbocycles. The van der Waals surface area contributed by atoms with Crippen LogP contribution in [0.2, 0.25) is 0 Å². The molecule has 4 nitrogen and oxygen atoms in total. The highest BCUT2D eigenvalue weighted by atomic mass is 16.5. The van der Waals surface area contributed by atoms with Crippen LogP contribution in [0.15, 0.2) is 6.20 Å². The van der Waals surface area contributed by atoms with Crippen molar-refractivity contribution in [3.63, 3.8) is 0 Å². The van der Waals surface area contributed by atoms with Crippen LogP contribution in [-0.4, -0.2) is 28.1 Å². The van der Waals surface area contributed by atoms with Crippen molar-refractivity contribution >= 4 is 0 Å². The van der Waals surface area contributed by atoms with Crippen molar-refractivity contribution in [2.24, 2.45) is 11.8 Å². The minimum Gasteiger partial charge on any atom is -0.493 e. The number of aryl methyl sites for hydroxylation is 1. The highest BCUT2D eigenvalue weighted by Gasteiger charge is 2.42. The van der Waals surface area contributed by atoms with E-state index in [1.54, 1.807) is 13.3 Å². The van der Waals surface area contributed by atoms with Crippen LogP contribution in [-0.2, 0) is 12.0 Å². The van der Waals surface area contributed by atoms with E-state index in [1.807, 2.05) is 4.68 Å². The molecule has 20 heavy (non-hydrogen) atoms. The Morgan fingerprint density at radius 3 is 2.70 bits per heavy atom. The van der Waals surface area contributed by atoms with Crippen LogP contribution in [0.5, 0.6) is 5.75 Å².